The molecule has 0 aliphatic carbocycles. The Hall–Kier alpha value is -1.95. The Bertz CT molecular complexity index is 456. The molecule has 1 heterocycles. The van der Waals surface area contributed by atoms with Crippen molar-refractivity contribution < 1.29 is 4.92 Å². The van der Waals surface area contributed by atoms with Gasteiger partial charge in [-0.05, 0) is 30.4 Å². The van der Waals surface area contributed by atoms with Crippen molar-refractivity contribution >= 4 is 28.7 Å². The fourth-order valence-corrected chi connectivity index (χ4v) is 1.67. The molecule has 0 saturated carbocycles. The molecule has 1 aromatic rings. The maximum absolute atomic E-state index is 10.5. The summed E-state index contributed by atoms with van der Waals surface area (Å²) < 4.78 is 0. The summed E-state index contributed by atoms with van der Waals surface area (Å²) >= 11 is 5.12. The van der Waals surface area contributed by atoms with E-state index in [1.165, 1.54) is 12.1 Å². The lowest BCUT2D eigenvalue weighted by Gasteiger charge is -2.26. The summed E-state index contributed by atoms with van der Waals surface area (Å²) in [6.45, 7) is 0.670. The molecule has 1 aliphatic heterocycles. The number of hydrogen-bond donors (Lipinski definition) is 1. The zero-order valence-corrected chi connectivity index (χ0v) is 9.11. The first-order valence-electron chi connectivity index (χ1n) is 4.66. The van der Waals surface area contributed by atoms with Gasteiger partial charge in [0, 0.05) is 30.6 Å². The van der Waals surface area contributed by atoms with E-state index in [4.69, 9.17) is 12.2 Å². The zero-order chi connectivity index (χ0) is 11.5. The molecule has 5 nitrogen and oxygen atoms in total. The quantitative estimate of drug-likeness (QED) is 0.481. The highest BCUT2D eigenvalue weighted by Gasteiger charge is 2.13. The number of nitrogens with zero attached hydrogens (tertiary/aromatic N) is 2. The van der Waals surface area contributed by atoms with E-state index in [2.05, 4.69) is 5.32 Å². The monoisotopic (exact) mass is 235 g/mol. The third kappa shape index (κ3) is 2.01. The molecule has 0 bridgehead atoms. The Labute approximate surface area is 97.5 Å². The van der Waals surface area contributed by atoms with Gasteiger partial charge in [0.05, 0.1) is 4.92 Å². The predicted molar refractivity (Wildman–Crippen MR) is 65.3 cm³/mol. The topological polar surface area (TPSA) is 58.4 Å². The van der Waals surface area contributed by atoms with E-state index in [1.54, 1.807) is 18.3 Å². The van der Waals surface area contributed by atoms with Gasteiger partial charge in [0.1, 0.15) is 0 Å². The Balaban J connectivity index is 2.24. The molecule has 1 N–H and O–H groups in total. The predicted octanol–water partition coefficient (Wildman–Crippen LogP) is 1.80. The van der Waals surface area contributed by atoms with Crippen molar-refractivity contribution in [1.82, 2.24) is 5.32 Å². The number of thiocarbonyl (C=S) groups is 1. The normalized spacial score (nSPS) is 14.8. The van der Waals surface area contributed by atoms with Crippen LogP contribution in [0.5, 0.6) is 0 Å². The van der Waals surface area contributed by atoms with Gasteiger partial charge < -0.3 is 10.2 Å². The summed E-state index contributed by atoms with van der Waals surface area (Å²) in [6, 6.07) is 6.31. The van der Waals surface area contributed by atoms with Gasteiger partial charge in [-0.25, -0.2) is 0 Å². The Kier molecular flexibility index (Phi) is 2.82. The highest BCUT2D eigenvalue weighted by Crippen LogP contribution is 2.20. The highest BCUT2D eigenvalue weighted by molar-refractivity contribution is 7.80. The van der Waals surface area contributed by atoms with E-state index in [0.717, 1.165) is 5.69 Å². The average molecular weight is 235 g/mol. The minimum atomic E-state index is -0.420. The number of non-ortho nitro benzene ring substituents is 1. The molecule has 0 amide bonds. The zero-order valence-electron chi connectivity index (χ0n) is 8.29. The summed E-state index contributed by atoms with van der Waals surface area (Å²) in [7, 11) is 0. The molecule has 6 heteroatoms. The first-order chi connectivity index (χ1) is 7.68. The summed E-state index contributed by atoms with van der Waals surface area (Å²) in [5, 5.41) is 14.0. The third-order valence-electron chi connectivity index (χ3n) is 2.23. The van der Waals surface area contributed by atoms with Crippen LogP contribution in [0.2, 0.25) is 0 Å². The minimum Gasteiger partial charge on any atom is -0.339 e. The smallest absolute Gasteiger partial charge is 0.269 e. The number of nitro groups is 1. The van der Waals surface area contributed by atoms with Crippen LogP contribution in [-0.4, -0.2) is 16.6 Å². The van der Waals surface area contributed by atoms with Crippen molar-refractivity contribution in [2.24, 2.45) is 0 Å². The molecule has 0 radical (unpaired) electrons. The third-order valence-corrected chi connectivity index (χ3v) is 2.57. The van der Waals surface area contributed by atoms with Crippen LogP contribution >= 0.6 is 12.2 Å². The van der Waals surface area contributed by atoms with Crippen LogP contribution in [0.1, 0.15) is 0 Å². The van der Waals surface area contributed by atoms with Gasteiger partial charge in [-0.1, -0.05) is 0 Å². The van der Waals surface area contributed by atoms with Gasteiger partial charge in [0.25, 0.3) is 5.69 Å². The van der Waals surface area contributed by atoms with Crippen LogP contribution in [0.25, 0.3) is 0 Å². The highest BCUT2D eigenvalue weighted by atomic mass is 32.1. The van der Waals surface area contributed by atoms with Crippen molar-refractivity contribution in [3.63, 3.8) is 0 Å². The Morgan fingerprint density at radius 2 is 2.06 bits per heavy atom. The molecule has 2 rings (SSSR count). The molecular formula is C10H9N3O2S. The summed E-state index contributed by atoms with van der Waals surface area (Å²) in [4.78, 5) is 11.9. The lowest BCUT2D eigenvalue weighted by atomic mass is 10.2. The van der Waals surface area contributed by atoms with Crippen LogP contribution in [0, 0.1) is 10.1 Å². The lowest BCUT2D eigenvalue weighted by Crippen LogP contribution is -2.40. The largest absolute Gasteiger partial charge is 0.339 e. The second-order valence-corrected chi connectivity index (χ2v) is 3.62. The van der Waals surface area contributed by atoms with Gasteiger partial charge in [-0.3, -0.25) is 10.1 Å². The summed E-state index contributed by atoms with van der Waals surface area (Å²) in [6.07, 6.45) is 3.71. The summed E-state index contributed by atoms with van der Waals surface area (Å²) in [5.74, 6) is 0. The lowest BCUT2D eigenvalue weighted by molar-refractivity contribution is -0.384. The molecule has 1 aliphatic rings. The molecular weight excluding hydrogens is 226 g/mol. The Morgan fingerprint density at radius 3 is 2.62 bits per heavy atom. The molecule has 16 heavy (non-hydrogen) atoms. The van der Waals surface area contributed by atoms with E-state index >= 15 is 0 Å². The van der Waals surface area contributed by atoms with Gasteiger partial charge in [-0.2, -0.15) is 0 Å². The van der Waals surface area contributed by atoms with E-state index in [9.17, 15) is 10.1 Å². The molecule has 0 fully saturated rings. The average Bonchev–Trinajstić information content (AvgIpc) is 2.30. The van der Waals surface area contributed by atoms with Crippen LogP contribution in [0.15, 0.2) is 36.5 Å². The second kappa shape index (κ2) is 4.28. The fourth-order valence-electron chi connectivity index (χ4n) is 1.43. The molecule has 1 aromatic carbocycles. The van der Waals surface area contributed by atoms with Gasteiger partial charge in [0.2, 0.25) is 0 Å². The van der Waals surface area contributed by atoms with Crippen LogP contribution < -0.4 is 10.2 Å². The van der Waals surface area contributed by atoms with E-state index in [0.29, 0.717) is 11.7 Å². The molecule has 82 valence electrons. The molecule has 0 unspecified atom stereocenters. The van der Waals surface area contributed by atoms with Crippen LogP contribution in [0.3, 0.4) is 0 Å². The van der Waals surface area contributed by atoms with Crippen LogP contribution in [0.4, 0.5) is 11.4 Å². The number of nitrogens with one attached hydrogen (secondary N) is 1. The van der Waals surface area contributed by atoms with E-state index in [-0.39, 0.29) is 5.69 Å². The number of nitro benzene ring substituents is 1. The summed E-state index contributed by atoms with van der Waals surface area (Å²) in [5.41, 5.74) is 0.919. The van der Waals surface area contributed by atoms with Crippen molar-refractivity contribution in [2.45, 2.75) is 0 Å². The van der Waals surface area contributed by atoms with E-state index < -0.39 is 4.92 Å². The van der Waals surface area contributed by atoms with Crippen molar-refractivity contribution in [2.75, 3.05) is 11.4 Å². The molecule has 0 atom stereocenters. The molecule has 0 saturated heterocycles. The standard InChI is InChI=1S/C10H9N3O2S/c14-13(15)9-4-2-8(3-5-9)12-7-1-6-11-10(12)16/h1-6H,7H2,(H,11,16). The first kappa shape index (κ1) is 10.6. The van der Waals surface area contributed by atoms with Gasteiger partial charge in [0.15, 0.2) is 5.11 Å². The minimum absolute atomic E-state index is 0.0789. The number of hydrogen-bond acceptors (Lipinski definition) is 3. The molecule has 0 aromatic heterocycles. The maximum atomic E-state index is 10.5. The van der Waals surface area contributed by atoms with Gasteiger partial charge in [-0.15, -0.1) is 0 Å². The number of anilines is 1. The first-order valence-corrected chi connectivity index (χ1v) is 5.07. The van der Waals surface area contributed by atoms with Crippen molar-refractivity contribution in [3.05, 3.63) is 46.7 Å². The van der Waals surface area contributed by atoms with Crippen LogP contribution in [-0.2, 0) is 0 Å². The fraction of sp³-hybridized carbons (Fsp3) is 0.100. The van der Waals surface area contributed by atoms with Crippen molar-refractivity contribution in [3.8, 4) is 0 Å². The number of rotatable bonds is 2. The van der Waals surface area contributed by atoms with Gasteiger partial charge >= 0.3 is 0 Å². The maximum Gasteiger partial charge on any atom is 0.269 e. The SMILES string of the molecule is O=[N+]([O-])c1ccc(N2CC=CNC2=S)cc1. The van der Waals surface area contributed by atoms with Crippen molar-refractivity contribution in [1.29, 1.82) is 0 Å². The van der Waals surface area contributed by atoms with E-state index in [1.807, 2.05) is 11.0 Å². The molecule has 0 spiro atoms. The number of benzene rings is 1. The second-order valence-electron chi connectivity index (χ2n) is 3.24. The Morgan fingerprint density at radius 1 is 1.38 bits per heavy atom.